The van der Waals surface area contributed by atoms with Crippen molar-refractivity contribution in [3.05, 3.63) is 24.3 Å². The van der Waals surface area contributed by atoms with Crippen LogP contribution in [0.1, 0.15) is 65.7 Å². The Bertz CT molecular complexity index is 279. The summed E-state index contributed by atoms with van der Waals surface area (Å²) in [6.45, 7) is 9.31. The highest BCUT2D eigenvalue weighted by Gasteiger charge is 2.32. The van der Waals surface area contributed by atoms with Gasteiger partial charge in [-0.3, -0.25) is 0 Å². The number of unbranched alkanes of at least 4 members (excludes halogenated alkanes) is 3. The fourth-order valence-corrected chi connectivity index (χ4v) is 3.07. The molecule has 0 saturated heterocycles. The van der Waals surface area contributed by atoms with E-state index in [0.29, 0.717) is 5.41 Å². The van der Waals surface area contributed by atoms with Crippen molar-refractivity contribution in [3.8, 4) is 0 Å². The van der Waals surface area contributed by atoms with Gasteiger partial charge < -0.3 is 5.32 Å². The van der Waals surface area contributed by atoms with Crippen LogP contribution in [0.25, 0.3) is 0 Å². The highest BCUT2D eigenvalue weighted by molar-refractivity contribution is 5.18. The smallest absolute Gasteiger partial charge is 0.00698 e. The van der Waals surface area contributed by atoms with E-state index in [1.165, 1.54) is 51.5 Å². The number of hydrogen-bond acceptors (Lipinski definition) is 1. The summed E-state index contributed by atoms with van der Waals surface area (Å²) in [5.74, 6) is 0.766. The molecule has 0 radical (unpaired) electrons. The van der Waals surface area contributed by atoms with E-state index in [1.54, 1.807) is 0 Å². The van der Waals surface area contributed by atoms with E-state index in [2.05, 4.69) is 50.4 Å². The van der Waals surface area contributed by atoms with Crippen LogP contribution in [-0.2, 0) is 0 Å². The maximum Gasteiger partial charge on any atom is 0.00698 e. The van der Waals surface area contributed by atoms with Gasteiger partial charge in [0.25, 0.3) is 0 Å². The highest BCUT2D eigenvalue weighted by atomic mass is 14.9. The fraction of sp³-hybridized carbons (Fsp3) is 0.778. The molecule has 0 aliphatic heterocycles. The Morgan fingerprint density at radius 3 is 2.58 bits per heavy atom. The lowest BCUT2D eigenvalue weighted by Crippen LogP contribution is -2.38. The lowest BCUT2D eigenvalue weighted by molar-refractivity contribution is 0.222. The molecule has 0 heterocycles. The zero-order valence-corrected chi connectivity index (χ0v) is 13.3. The molecule has 1 aliphatic carbocycles. The van der Waals surface area contributed by atoms with E-state index in [-0.39, 0.29) is 0 Å². The summed E-state index contributed by atoms with van der Waals surface area (Å²) in [6, 6.07) is 0. The Labute approximate surface area is 120 Å². The van der Waals surface area contributed by atoms with Gasteiger partial charge in [0.1, 0.15) is 0 Å². The van der Waals surface area contributed by atoms with E-state index in [9.17, 15) is 0 Å². The number of allylic oxidation sites excluding steroid dienone is 3. The molecule has 1 aliphatic rings. The minimum Gasteiger partial charge on any atom is -0.316 e. The van der Waals surface area contributed by atoms with Gasteiger partial charge in [-0.1, -0.05) is 77.2 Å². The Hall–Kier alpha value is -0.560. The maximum atomic E-state index is 3.71. The molecule has 1 heteroatoms. The van der Waals surface area contributed by atoms with Crippen molar-refractivity contribution >= 4 is 0 Å². The van der Waals surface area contributed by atoms with Crippen LogP contribution in [0.15, 0.2) is 24.3 Å². The largest absolute Gasteiger partial charge is 0.316 e. The number of rotatable bonds is 10. The van der Waals surface area contributed by atoms with Crippen molar-refractivity contribution in [2.24, 2.45) is 11.3 Å². The summed E-state index contributed by atoms with van der Waals surface area (Å²) in [5.41, 5.74) is 0.357. The molecule has 0 spiro atoms. The van der Waals surface area contributed by atoms with Crippen LogP contribution < -0.4 is 5.32 Å². The maximum absolute atomic E-state index is 3.71. The predicted octanol–water partition coefficient (Wildman–Crippen LogP) is 5.10. The van der Waals surface area contributed by atoms with E-state index in [4.69, 9.17) is 0 Å². The van der Waals surface area contributed by atoms with Gasteiger partial charge in [0.05, 0.1) is 0 Å². The van der Waals surface area contributed by atoms with Crippen LogP contribution >= 0.6 is 0 Å². The summed E-state index contributed by atoms with van der Waals surface area (Å²) in [7, 11) is 0. The molecule has 19 heavy (non-hydrogen) atoms. The van der Waals surface area contributed by atoms with Gasteiger partial charge in [-0.15, -0.1) is 0 Å². The van der Waals surface area contributed by atoms with E-state index >= 15 is 0 Å². The second kappa shape index (κ2) is 9.36. The Morgan fingerprint density at radius 1 is 1.11 bits per heavy atom. The Balaban J connectivity index is 2.38. The highest BCUT2D eigenvalue weighted by Crippen LogP contribution is 2.38. The zero-order chi connectivity index (χ0) is 14.0. The molecule has 0 aromatic rings. The van der Waals surface area contributed by atoms with Crippen molar-refractivity contribution < 1.29 is 0 Å². The van der Waals surface area contributed by atoms with Gasteiger partial charge in [-0.2, -0.15) is 0 Å². The first-order valence-electron chi connectivity index (χ1n) is 8.30. The first-order chi connectivity index (χ1) is 9.25. The van der Waals surface area contributed by atoms with Gasteiger partial charge in [-0.25, -0.2) is 0 Å². The fourth-order valence-electron chi connectivity index (χ4n) is 3.07. The van der Waals surface area contributed by atoms with Gasteiger partial charge in [0.15, 0.2) is 0 Å². The van der Waals surface area contributed by atoms with Crippen molar-refractivity contribution in [3.63, 3.8) is 0 Å². The van der Waals surface area contributed by atoms with Crippen molar-refractivity contribution in [2.75, 3.05) is 13.1 Å². The zero-order valence-electron chi connectivity index (χ0n) is 13.3. The average Bonchev–Trinajstić information content (AvgIpc) is 2.44. The molecule has 110 valence electrons. The van der Waals surface area contributed by atoms with Crippen molar-refractivity contribution in [1.29, 1.82) is 0 Å². The molecule has 0 aromatic carbocycles. The molecule has 2 atom stereocenters. The minimum absolute atomic E-state index is 0.357. The SMILES string of the molecule is CCCCCCNCC1(C(C)CCC)C=CC=CC1. The first kappa shape index (κ1) is 16.5. The van der Waals surface area contributed by atoms with Gasteiger partial charge in [-0.05, 0) is 25.3 Å². The third-order valence-corrected chi connectivity index (χ3v) is 4.54. The van der Waals surface area contributed by atoms with Crippen LogP contribution in [0.4, 0.5) is 0 Å². The predicted molar refractivity (Wildman–Crippen MR) is 86.4 cm³/mol. The van der Waals surface area contributed by atoms with Gasteiger partial charge >= 0.3 is 0 Å². The summed E-state index contributed by atoms with van der Waals surface area (Å²) < 4.78 is 0. The average molecular weight is 263 g/mol. The molecule has 1 N–H and O–H groups in total. The monoisotopic (exact) mass is 263 g/mol. The van der Waals surface area contributed by atoms with Crippen LogP contribution in [0.2, 0.25) is 0 Å². The summed E-state index contributed by atoms with van der Waals surface area (Å²) in [4.78, 5) is 0. The molecule has 0 aromatic heterocycles. The van der Waals surface area contributed by atoms with Crippen molar-refractivity contribution in [1.82, 2.24) is 5.32 Å². The second-order valence-corrected chi connectivity index (χ2v) is 6.15. The number of nitrogens with one attached hydrogen (secondary N) is 1. The van der Waals surface area contributed by atoms with E-state index in [0.717, 1.165) is 12.5 Å². The summed E-state index contributed by atoms with van der Waals surface area (Å²) in [5, 5.41) is 3.71. The molecule has 2 unspecified atom stereocenters. The van der Waals surface area contributed by atoms with Gasteiger partial charge in [0.2, 0.25) is 0 Å². The minimum atomic E-state index is 0.357. The standard InChI is InChI=1S/C18H33N/c1-4-6-7-11-15-19-16-18(17(3)12-5-2)13-9-8-10-14-18/h8-10,13,17,19H,4-7,11-12,14-16H2,1-3H3. The normalized spacial score (nSPS) is 23.7. The topological polar surface area (TPSA) is 12.0 Å². The lowest BCUT2D eigenvalue weighted by atomic mass is 9.70. The van der Waals surface area contributed by atoms with Crippen LogP contribution in [0.3, 0.4) is 0 Å². The first-order valence-corrected chi connectivity index (χ1v) is 8.30. The van der Waals surface area contributed by atoms with Gasteiger partial charge in [0, 0.05) is 12.0 Å². The molecular weight excluding hydrogens is 230 g/mol. The molecule has 1 nitrogen and oxygen atoms in total. The summed E-state index contributed by atoms with van der Waals surface area (Å²) in [6.07, 6.45) is 18.4. The Kier molecular flexibility index (Phi) is 8.13. The number of hydrogen-bond donors (Lipinski definition) is 1. The molecule has 0 saturated carbocycles. The third-order valence-electron chi connectivity index (χ3n) is 4.54. The molecule has 0 amide bonds. The lowest BCUT2D eigenvalue weighted by Gasteiger charge is -2.37. The van der Waals surface area contributed by atoms with E-state index in [1.807, 2.05) is 0 Å². The molecular formula is C18H33N. The molecule has 0 fully saturated rings. The molecule has 0 bridgehead atoms. The Morgan fingerprint density at radius 2 is 1.95 bits per heavy atom. The van der Waals surface area contributed by atoms with Crippen LogP contribution in [0.5, 0.6) is 0 Å². The molecule has 1 rings (SSSR count). The third kappa shape index (κ3) is 5.52. The summed E-state index contributed by atoms with van der Waals surface area (Å²) >= 11 is 0. The van der Waals surface area contributed by atoms with Crippen LogP contribution in [0, 0.1) is 11.3 Å². The quantitative estimate of drug-likeness (QED) is 0.541. The van der Waals surface area contributed by atoms with Crippen molar-refractivity contribution in [2.45, 2.75) is 65.7 Å². The van der Waals surface area contributed by atoms with Crippen LogP contribution in [-0.4, -0.2) is 13.1 Å². The second-order valence-electron chi connectivity index (χ2n) is 6.15. The van der Waals surface area contributed by atoms with E-state index < -0.39 is 0 Å².